The van der Waals surface area contributed by atoms with Crippen molar-refractivity contribution in [1.82, 2.24) is 0 Å². The number of hydrogen-bond donors (Lipinski definition) is 1. The highest BCUT2D eigenvalue weighted by molar-refractivity contribution is 5.67. The highest BCUT2D eigenvalue weighted by Gasteiger charge is 2.67. The van der Waals surface area contributed by atoms with Gasteiger partial charge in [-0.2, -0.15) is 0 Å². The van der Waals surface area contributed by atoms with E-state index in [2.05, 4.69) is 41.5 Å². The molecule has 5 unspecified atom stereocenters. The molecule has 0 amide bonds. The van der Waals surface area contributed by atoms with Gasteiger partial charge in [0, 0.05) is 18.8 Å². The molecule has 0 spiro atoms. The normalized spacial score (nSPS) is 48.2. The summed E-state index contributed by atoms with van der Waals surface area (Å²) in [5.74, 6) is 2.02. The minimum Gasteiger partial charge on any atom is -0.481 e. The van der Waals surface area contributed by atoms with Crippen LogP contribution in [0.25, 0.3) is 0 Å². The van der Waals surface area contributed by atoms with Crippen molar-refractivity contribution in [1.29, 1.82) is 0 Å². The van der Waals surface area contributed by atoms with Crippen molar-refractivity contribution in [2.75, 3.05) is 0 Å². The molecule has 0 radical (unpaired) electrons. The molecule has 0 heterocycles. The lowest BCUT2D eigenvalue weighted by molar-refractivity contribution is -0.209. The number of esters is 1. The Hall–Kier alpha value is -1.06. The van der Waals surface area contributed by atoms with E-state index in [9.17, 15) is 14.7 Å². The maximum absolute atomic E-state index is 11.8. The second-order valence-electron chi connectivity index (χ2n) is 13.4. The van der Waals surface area contributed by atoms with E-state index in [1.54, 1.807) is 6.92 Å². The third-order valence-corrected chi connectivity index (χ3v) is 12.0. The zero-order valence-electron chi connectivity index (χ0n) is 21.5. The topological polar surface area (TPSA) is 63.6 Å². The Bertz CT molecular complexity index is 773. The molecule has 4 aliphatic rings. The lowest BCUT2D eigenvalue weighted by Crippen LogP contribution is -2.62. The number of rotatable bonds is 4. The zero-order chi connectivity index (χ0) is 23.7. The van der Waals surface area contributed by atoms with E-state index in [1.165, 1.54) is 38.5 Å². The second-order valence-corrected chi connectivity index (χ2v) is 13.4. The fourth-order valence-corrected chi connectivity index (χ4v) is 10.3. The second kappa shape index (κ2) is 7.73. The summed E-state index contributed by atoms with van der Waals surface area (Å²) >= 11 is 0. The molecule has 4 rings (SSSR count). The van der Waals surface area contributed by atoms with Gasteiger partial charge in [-0.3, -0.25) is 9.59 Å². The predicted molar refractivity (Wildman–Crippen MR) is 126 cm³/mol. The highest BCUT2D eigenvalue weighted by Crippen LogP contribution is 2.74. The van der Waals surface area contributed by atoms with E-state index >= 15 is 0 Å². The quantitative estimate of drug-likeness (QED) is 0.487. The molecule has 4 fully saturated rings. The van der Waals surface area contributed by atoms with E-state index < -0.39 is 5.97 Å². The Balaban J connectivity index is 1.61. The zero-order valence-corrected chi connectivity index (χ0v) is 21.5. The number of hydrogen-bond acceptors (Lipinski definition) is 3. The summed E-state index contributed by atoms with van der Waals surface area (Å²) in [6.45, 7) is 16.1. The maximum Gasteiger partial charge on any atom is 0.303 e. The molecular weight excluding hydrogens is 400 g/mol. The van der Waals surface area contributed by atoms with E-state index in [0.29, 0.717) is 29.1 Å². The molecule has 0 aromatic rings. The van der Waals surface area contributed by atoms with Gasteiger partial charge in [0.1, 0.15) is 6.10 Å². The summed E-state index contributed by atoms with van der Waals surface area (Å²) in [6.07, 6.45) is 9.91. The largest absolute Gasteiger partial charge is 0.481 e. The van der Waals surface area contributed by atoms with Crippen LogP contribution in [0.1, 0.15) is 106 Å². The van der Waals surface area contributed by atoms with Gasteiger partial charge < -0.3 is 9.84 Å². The average Bonchev–Trinajstić information content (AvgIpc) is 2.95. The van der Waals surface area contributed by atoms with Gasteiger partial charge in [-0.25, -0.2) is 0 Å². The number of carbonyl (C=O) groups excluding carboxylic acids is 1. The summed E-state index contributed by atoms with van der Waals surface area (Å²) in [6, 6.07) is 0. The summed E-state index contributed by atoms with van der Waals surface area (Å²) < 4.78 is 5.83. The van der Waals surface area contributed by atoms with Crippen molar-refractivity contribution in [3.05, 3.63) is 0 Å². The fourth-order valence-electron chi connectivity index (χ4n) is 10.3. The molecule has 32 heavy (non-hydrogen) atoms. The SMILES string of the molecule is CC(=O)O[C@H]1CCC2(C)C3CC[C@]4(C)C([C@H](C)CC(=O)O)CC[C@@]4(C)C3CCC2C1(C)C. The van der Waals surface area contributed by atoms with E-state index in [-0.39, 0.29) is 28.8 Å². The molecule has 4 heteroatoms. The van der Waals surface area contributed by atoms with E-state index in [4.69, 9.17) is 4.74 Å². The van der Waals surface area contributed by atoms with Gasteiger partial charge in [0.05, 0.1) is 0 Å². The number of ether oxygens (including phenoxy) is 1. The van der Waals surface area contributed by atoms with Gasteiger partial charge in [-0.05, 0) is 97.2 Å². The van der Waals surface area contributed by atoms with Crippen LogP contribution in [0.2, 0.25) is 0 Å². The van der Waals surface area contributed by atoms with Crippen molar-refractivity contribution in [3.8, 4) is 0 Å². The number of carbonyl (C=O) groups is 2. The Morgan fingerprint density at radius 3 is 2.19 bits per heavy atom. The standard InChI is InChI=1S/C28H46O4/c1-17(16-24(30)31)19-10-14-28(7)21-8-9-22-25(3,4)23(32-18(2)29)12-13-26(22,5)20(21)11-15-27(19,28)6/h17,19-23H,8-16H2,1-7H3,(H,30,31)/t17-,19?,20?,21?,22?,23+,26?,27-,28+/m1/s1. The lowest BCUT2D eigenvalue weighted by Gasteiger charge is -2.67. The van der Waals surface area contributed by atoms with Gasteiger partial charge in [-0.1, -0.05) is 41.5 Å². The van der Waals surface area contributed by atoms with Gasteiger partial charge in [0.15, 0.2) is 0 Å². The highest BCUT2D eigenvalue weighted by atomic mass is 16.5. The summed E-state index contributed by atoms with van der Waals surface area (Å²) in [5.41, 5.74) is 0.868. The Kier molecular flexibility index (Phi) is 5.82. The Morgan fingerprint density at radius 2 is 1.56 bits per heavy atom. The van der Waals surface area contributed by atoms with Gasteiger partial charge >= 0.3 is 11.9 Å². The Labute approximate surface area is 195 Å². The minimum atomic E-state index is -0.650. The molecule has 4 saturated carbocycles. The third-order valence-electron chi connectivity index (χ3n) is 12.0. The first kappa shape index (κ1) is 24.1. The van der Waals surface area contributed by atoms with Crippen molar-refractivity contribution < 1.29 is 19.4 Å². The molecule has 1 N–H and O–H groups in total. The molecule has 0 saturated heterocycles. The molecule has 4 aliphatic carbocycles. The van der Waals surface area contributed by atoms with Crippen LogP contribution in [0.5, 0.6) is 0 Å². The van der Waals surface area contributed by atoms with Crippen molar-refractivity contribution in [2.45, 2.75) is 112 Å². The number of carboxylic acids is 1. The van der Waals surface area contributed by atoms with Crippen molar-refractivity contribution in [2.24, 2.45) is 51.2 Å². The van der Waals surface area contributed by atoms with Gasteiger partial charge in [0.25, 0.3) is 0 Å². The first-order valence-corrected chi connectivity index (χ1v) is 13.2. The number of carboxylic acid groups (broad SMARTS) is 1. The molecule has 0 aliphatic heterocycles. The van der Waals surface area contributed by atoms with Gasteiger partial charge in [0.2, 0.25) is 0 Å². The van der Waals surface area contributed by atoms with Crippen molar-refractivity contribution >= 4 is 11.9 Å². The summed E-state index contributed by atoms with van der Waals surface area (Å²) in [4.78, 5) is 23.2. The van der Waals surface area contributed by atoms with Crippen LogP contribution >= 0.6 is 0 Å². The molecular formula is C28H46O4. The van der Waals surface area contributed by atoms with Crippen molar-refractivity contribution in [3.63, 3.8) is 0 Å². The van der Waals surface area contributed by atoms with E-state index in [1.807, 2.05) is 0 Å². The van der Waals surface area contributed by atoms with Crippen LogP contribution in [0, 0.1) is 51.2 Å². The number of fused-ring (bicyclic) bond motifs is 5. The monoisotopic (exact) mass is 446 g/mol. The molecule has 182 valence electrons. The minimum absolute atomic E-state index is 0.0134. The first-order valence-electron chi connectivity index (χ1n) is 13.2. The first-order chi connectivity index (χ1) is 14.8. The molecule has 0 aromatic heterocycles. The molecule has 0 aromatic carbocycles. The fraction of sp³-hybridized carbons (Fsp3) is 0.929. The van der Waals surface area contributed by atoms with Crippen LogP contribution < -0.4 is 0 Å². The summed E-state index contributed by atoms with van der Waals surface area (Å²) in [5, 5.41) is 9.43. The average molecular weight is 447 g/mol. The third kappa shape index (κ3) is 3.28. The smallest absolute Gasteiger partial charge is 0.303 e. The molecule has 9 atom stereocenters. The summed E-state index contributed by atoms with van der Waals surface area (Å²) in [7, 11) is 0. The van der Waals surface area contributed by atoms with Crippen LogP contribution in [0.4, 0.5) is 0 Å². The van der Waals surface area contributed by atoms with Crippen LogP contribution in [-0.2, 0) is 14.3 Å². The molecule has 4 nitrogen and oxygen atoms in total. The number of aliphatic carboxylic acids is 1. The van der Waals surface area contributed by atoms with Crippen LogP contribution in [-0.4, -0.2) is 23.1 Å². The van der Waals surface area contributed by atoms with Gasteiger partial charge in [-0.15, -0.1) is 0 Å². The van der Waals surface area contributed by atoms with Crippen LogP contribution in [0.15, 0.2) is 0 Å². The molecule has 0 bridgehead atoms. The lowest BCUT2D eigenvalue weighted by atomic mass is 9.38. The van der Waals surface area contributed by atoms with Crippen LogP contribution in [0.3, 0.4) is 0 Å². The Morgan fingerprint density at radius 1 is 0.906 bits per heavy atom. The maximum atomic E-state index is 11.8. The predicted octanol–water partition coefficient (Wildman–Crippen LogP) is 6.71. The van der Waals surface area contributed by atoms with E-state index in [0.717, 1.165) is 24.7 Å².